The fourth-order valence-corrected chi connectivity index (χ4v) is 4.63. The van der Waals surface area contributed by atoms with Crippen molar-refractivity contribution in [2.75, 3.05) is 19.6 Å². The number of para-hydroxylation sites is 3. The van der Waals surface area contributed by atoms with Gasteiger partial charge in [0.2, 0.25) is 5.91 Å². The molecule has 2 heterocycles. The molecule has 0 saturated carbocycles. The van der Waals surface area contributed by atoms with Crippen LogP contribution in [-0.4, -0.2) is 52.4 Å². The predicted octanol–water partition coefficient (Wildman–Crippen LogP) is 5.02. The molecule has 3 aromatic rings. The molecule has 0 atom stereocenters. The fraction of sp³-hybridized carbons (Fsp3) is 0.467. The lowest BCUT2D eigenvalue weighted by Gasteiger charge is -2.32. The number of hydrogen-bond donors (Lipinski definition) is 1. The van der Waals surface area contributed by atoms with E-state index in [2.05, 4.69) is 42.3 Å². The first-order valence-electron chi connectivity index (χ1n) is 13.4. The third-order valence-electron chi connectivity index (χ3n) is 6.33. The van der Waals surface area contributed by atoms with Gasteiger partial charge in [0.05, 0.1) is 30.6 Å². The van der Waals surface area contributed by atoms with E-state index < -0.39 is 0 Å². The van der Waals surface area contributed by atoms with E-state index >= 15 is 0 Å². The highest BCUT2D eigenvalue weighted by Gasteiger charge is 2.23. The highest BCUT2D eigenvalue weighted by atomic mass is 16.5. The maximum absolute atomic E-state index is 12.7. The highest BCUT2D eigenvalue weighted by Crippen LogP contribution is 2.30. The third kappa shape index (κ3) is 7.83. The minimum absolute atomic E-state index is 0.0229. The Morgan fingerprint density at radius 3 is 2.35 bits per heavy atom. The molecule has 1 saturated heterocycles. The molecule has 0 radical (unpaired) electrons. The Labute approximate surface area is 220 Å². The van der Waals surface area contributed by atoms with Gasteiger partial charge >= 0.3 is 0 Å². The molecule has 7 nitrogen and oxygen atoms in total. The van der Waals surface area contributed by atoms with Crippen LogP contribution in [0.15, 0.2) is 60.7 Å². The van der Waals surface area contributed by atoms with Crippen LogP contribution in [0.2, 0.25) is 0 Å². The first kappa shape index (κ1) is 26.7. The molecule has 4 rings (SSSR count). The lowest BCUT2D eigenvalue weighted by atomic mass is 10.1. The summed E-state index contributed by atoms with van der Waals surface area (Å²) in [5.74, 6) is 2.11. The Balaban J connectivity index is 1.26. The minimum Gasteiger partial charge on any atom is -0.487 e. The number of benzene rings is 2. The second-order valence-corrected chi connectivity index (χ2v) is 10.5. The van der Waals surface area contributed by atoms with Gasteiger partial charge < -0.3 is 14.8 Å². The van der Waals surface area contributed by atoms with E-state index in [4.69, 9.17) is 14.6 Å². The molecular weight excluding hydrogens is 464 g/mol. The number of hydrogen-bond acceptors (Lipinski definition) is 5. The second kappa shape index (κ2) is 12.8. The zero-order valence-electron chi connectivity index (χ0n) is 22.5. The number of amides is 1. The van der Waals surface area contributed by atoms with Crippen molar-refractivity contribution < 1.29 is 14.3 Å². The number of rotatable bonds is 11. The zero-order chi connectivity index (χ0) is 26.2. The summed E-state index contributed by atoms with van der Waals surface area (Å²) in [5.41, 5.74) is 3.08. The highest BCUT2D eigenvalue weighted by molar-refractivity contribution is 5.78. The van der Waals surface area contributed by atoms with Gasteiger partial charge in [0.1, 0.15) is 6.10 Å². The molecule has 7 heteroatoms. The van der Waals surface area contributed by atoms with E-state index in [1.54, 1.807) is 0 Å². The number of carbonyl (C=O) groups excluding carboxylic acids is 1. The second-order valence-electron chi connectivity index (χ2n) is 10.5. The molecule has 1 aromatic heterocycles. The van der Waals surface area contributed by atoms with Crippen molar-refractivity contribution >= 4 is 5.91 Å². The average molecular weight is 505 g/mol. The Kier molecular flexibility index (Phi) is 9.23. The van der Waals surface area contributed by atoms with Crippen LogP contribution >= 0.6 is 0 Å². The number of ether oxygens (including phenoxy) is 2. The Hall–Kier alpha value is -3.32. The van der Waals surface area contributed by atoms with Crippen molar-refractivity contribution in [1.29, 1.82) is 0 Å². The topological polar surface area (TPSA) is 68.6 Å². The Bertz CT molecular complexity index is 1130. The van der Waals surface area contributed by atoms with E-state index in [0.29, 0.717) is 19.0 Å². The lowest BCUT2D eigenvalue weighted by molar-refractivity contribution is -0.122. The third-order valence-corrected chi connectivity index (χ3v) is 6.33. The SMILES string of the molecule is CC(C)Cc1cc(CNC(=O)CN2CCC(Oc3ccccc3OC(C)C)CC2)nn1-c1ccccc1. The van der Waals surface area contributed by atoms with Crippen molar-refractivity contribution in [1.82, 2.24) is 20.0 Å². The van der Waals surface area contributed by atoms with E-state index in [-0.39, 0.29) is 18.1 Å². The normalized spacial score (nSPS) is 14.8. The van der Waals surface area contributed by atoms with Crippen LogP contribution in [0.3, 0.4) is 0 Å². The minimum atomic E-state index is 0.0229. The van der Waals surface area contributed by atoms with E-state index in [1.807, 2.05) is 61.0 Å². The van der Waals surface area contributed by atoms with E-state index in [1.165, 1.54) is 0 Å². The number of carbonyl (C=O) groups is 1. The number of nitrogens with zero attached hydrogens (tertiary/aromatic N) is 3. The molecule has 0 unspecified atom stereocenters. The fourth-order valence-electron chi connectivity index (χ4n) is 4.63. The monoisotopic (exact) mass is 504 g/mol. The van der Waals surface area contributed by atoms with Gasteiger partial charge in [0, 0.05) is 18.8 Å². The molecular formula is C30H40N4O3. The van der Waals surface area contributed by atoms with Gasteiger partial charge in [0.15, 0.2) is 11.5 Å². The van der Waals surface area contributed by atoms with Crippen LogP contribution in [0.5, 0.6) is 11.5 Å². The molecule has 2 aromatic carbocycles. The van der Waals surface area contributed by atoms with Gasteiger partial charge in [-0.15, -0.1) is 0 Å². The van der Waals surface area contributed by atoms with E-state index in [0.717, 1.165) is 60.9 Å². The van der Waals surface area contributed by atoms with Crippen molar-refractivity contribution in [2.45, 2.75) is 65.7 Å². The molecule has 1 aliphatic heterocycles. The number of piperidine rings is 1. The van der Waals surface area contributed by atoms with Crippen LogP contribution < -0.4 is 14.8 Å². The summed E-state index contributed by atoms with van der Waals surface area (Å²) < 4.78 is 14.1. The Morgan fingerprint density at radius 2 is 1.68 bits per heavy atom. The van der Waals surface area contributed by atoms with Gasteiger partial charge in [-0.05, 0) is 69.4 Å². The van der Waals surface area contributed by atoms with Gasteiger partial charge in [-0.2, -0.15) is 5.10 Å². The summed E-state index contributed by atoms with van der Waals surface area (Å²) in [6.45, 7) is 10.9. The van der Waals surface area contributed by atoms with Crippen LogP contribution in [-0.2, 0) is 17.8 Å². The van der Waals surface area contributed by atoms with Crippen molar-refractivity contribution in [3.8, 4) is 17.2 Å². The summed E-state index contributed by atoms with van der Waals surface area (Å²) in [5, 5.41) is 7.85. The Morgan fingerprint density at radius 1 is 1.00 bits per heavy atom. The first-order chi connectivity index (χ1) is 17.9. The van der Waals surface area contributed by atoms with E-state index in [9.17, 15) is 4.79 Å². The van der Waals surface area contributed by atoms with Gasteiger partial charge in [-0.1, -0.05) is 44.2 Å². The van der Waals surface area contributed by atoms with Crippen LogP contribution in [0.1, 0.15) is 51.9 Å². The maximum Gasteiger partial charge on any atom is 0.234 e. The van der Waals surface area contributed by atoms with Crippen molar-refractivity contribution in [2.24, 2.45) is 5.92 Å². The number of aromatic nitrogens is 2. The molecule has 0 spiro atoms. The van der Waals surface area contributed by atoms with Crippen LogP contribution in [0.4, 0.5) is 0 Å². The molecule has 1 amide bonds. The molecule has 1 fully saturated rings. The first-order valence-corrected chi connectivity index (χ1v) is 13.4. The smallest absolute Gasteiger partial charge is 0.234 e. The predicted molar refractivity (Wildman–Crippen MR) is 146 cm³/mol. The number of likely N-dealkylation sites (tertiary alicyclic amines) is 1. The van der Waals surface area contributed by atoms with Crippen LogP contribution in [0.25, 0.3) is 5.69 Å². The molecule has 0 aliphatic carbocycles. The standard InChI is InChI=1S/C30H40N4O3/c1-22(2)18-26-19-24(32-34(26)25-10-6-5-7-11-25)20-31-30(35)21-33-16-14-27(15-17-33)37-29-13-9-8-12-28(29)36-23(3)4/h5-13,19,22-23,27H,14-18,20-21H2,1-4H3,(H,31,35). The quantitative estimate of drug-likeness (QED) is 0.397. The van der Waals surface area contributed by atoms with Crippen molar-refractivity contribution in [3.63, 3.8) is 0 Å². The average Bonchev–Trinajstić information content (AvgIpc) is 3.27. The largest absolute Gasteiger partial charge is 0.487 e. The van der Waals surface area contributed by atoms with Crippen LogP contribution in [0, 0.1) is 5.92 Å². The molecule has 198 valence electrons. The summed E-state index contributed by atoms with van der Waals surface area (Å²) in [7, 11) is 0. The summed E-state index contributed by atoms with van der Waals surface area (Å²) in [6, 6.07) is 20.1. The lowest BCUT2D eigenvalue weighted by Crippen LogP contribution is -2.43. The summed E-state index contributed by atoms with van der Waals surface area (Å²) in [4.78, 5) is 14.9. The summed E-state index contributed by atoms with van der Waals surface area (Å²) in [6.07, 6.45) is 2.91. The van der Waals surface area contributed by atoms with Gasteiger partial charge in [0.25, 0.3) is 0 Å². The summed E-state index contributed by atoms with van der Waals surface area (Å²) >= 11 is 0. The van der Waals surface area contributed by atoms with Crippen molar-refractivity contribution in [3.05, 3.63) is 72.1 Å². The van der Waals surface area contributed by atoms with Gasteiger partial charge in [-0.3, -0.25) is 9.69 Å². The molecule has 1 aliphatic rings. The molecule has 0 bridgehead atoms. The molecule has 37 heavy (non-hydrogen) atoms. The van der Waals surface area contributed by atoms with Gasteiger partial charge in [-0.25, -0.2) is 4.68 Å². The zero-order valence-corrected chi connectivity index (χ0v) is 22.5. The molecule has 1 N–H and O–H groups in total. The number of nitrogens with one attached hydrogen (secondary N) is 1. The maximum atomic E-state index is 12.7.